The third-order valence-corrected chi connectivity index (χ3v) is 5.50. The van der Waals surface area contributed by atoms with Gasteiger partial charge < -0.3 is 10.0 Å². The molecule has 0 amide bonds. The Hall–Kier alpha value is -1.11. The van der Waals surface area contributed by atoms with E-state index in [1.54, 1.807) is 0 Å². The Morgan fingerprint density at radius 3 is 2.35 bits per heavy atom. The predicted molar refractivity (Wildman–Crippen MR) is 81.3 cm³/mol. The lowest BCUT2D eigenvalue weighted by atomic mass is 9.71. The van der Waals surface area contributed by atoms with E-state index in [0.29, 0.717) is 18.0 Å². The Labute approximate surface area is 134 Å². The number of likely N-dealkylation sites (tertiary alicyclic amines) is 2. The molecule has 1 N–H and O–H groups in total. The number of piperidine rings is 1. The zero-order chi connectivity index (χ0) is 16.6. The molecule has 0 aromatic heterocycles. The van der Waals surface area contributed by atoms with Crippen LogP contribution in [-0.2, 0) is 6.54 Å². The minimum absolute atomic E-state index is 0.152. The highest BCUT2D eigenvalue weighted by Gasteiger charge is 2.46. The SMILES string of the molecule is CN1CC(CO)C2(CCN(Cc3cc(F)c(F)c(F)c3)CC2)C1. The fourth-order valence-electron chi connectivity index (χ4n) is 4.23. The number of hydrogen-bond donors (Lipinski definition) is 1. The van der Waals surface area contributed by atoms with Gasteiger partial charge in [0.25, 0.3) is 0 Å². The highest BCUT2D eigenvalue weighted by Crippen LogP contribution is 2.44. The summed E-state index contributed by atoms with van der Waals surface area (Å²) in [4.78, 5) is 4.41. The summed E-state index contributed by atoms with van der Waals surface area (Å²) in [6.07, 6.45) is 1.93. The van der Waals surface area contributed by atoms with E-state index in [0.717, 1.165) is 51.2 Å². The molecular formula is C17H23F3N2O. The zero-order valence-corrected chi connectivity index (χ0v) is 13.4. The Balaban J connectivity index is 1.63. The summed E-state index contributed by atoms with van der Waals surface area (Å²) < 4.78 is 39.6. The molecule has 3 nitrogen and oxygen atoms in total. The maximum Gasteiger partial charge on any atom is 0.194 e. The third kappa shape index (κ3) is 3.25. The van der Waals surface area contributed by atoms with Crippen LogP contribution in [0.1, 0.15) is 18.4 Å². The highest BCUT2D eigenvalue weighted by atomic mass is 19.2. The van der Waals surface area contributed by atoms with Gasteiger partial charge in [0.05, 0.1) is 0 Å². The number of benzene rings is 1. The molecule has 2 aliphatic rings. The smallest absolute Gasteiger partial charge is 0.194 e. The Kier molecular flexibility index (Phi) is 4.67. The quantitative estimate of drug-likeness (QED) is 0.862. The standard InChI is InChI=1S/C17H23F3N2O/c1-21-9-13(10-23)17(11-21)2-4-22(5-3-17)8-12-6-14(18)16(20)15(19)7-12/h6-7,13,23H,2-5,8-11H2,1H3. The van der Waals surface area contributed by atoms with Crippen molar-refractivity contribution in [2.45, 2.75) is 19.4 Å². The summed E-state index contributed by atoms with van der Waals surface area (Å²) >= 11 is 0. The summed E-state index contributed by atoms with van der Waals surface area (Å²) in [7, 11) is 2.08. The van der Waals surface area contributed by atoms with Gasteiger partial charge in [0.2, 0.25) is 0 Å². The fourth-order valence-corrected chi connectivity index (χ4v) is 4.23. The second-order valence-electron chi connectivity index (χ2n) is 7.09. The second-order valence-corrected chi connectivity index (χ2v) is 7.09. The molecule has 1 aromatic rings. The lowest BCUT2D eigenvalue weighted by Gasteiger charge is -2.42. The minimum atomic E-state index is -1.41. The molecule has 2 aliphatic heterocycles. The molecule has 0 radical (unpaired) electrons. The molecule has 128 valence electrons. The minimum Gasteiger partial charge on any atom is -0.396 e. The summed E-state index contributed by atoms with van der Waals surface area (Å²) in [6, 6.07) is 2.14. The lowest BCUT2D eigenvalue weighted by Crippen LogP contribution is -2.44. The maximum absolute atomic E-state index is 13.3. The molecule has 0 aliphatic carbocycles. The van der Waals surface area contributed by atoms with Crippen LogP contribution in [0.15, 0.2) is 12.1 Å². The fraction of sp³-hybridized carbons (Fsp3) is 0.647. The number of hydrogen-bond acceptors (Lipinski definition) is 3. The molecule has 23 heavy (non-hydrogen) atoms. The van der Waals surface area contributed by atoms with Gasteiger partial charge in [-0.2, -0.15) is 0 Å². The van der Waals surface area contributed by atoms with Crippen molar-refractivity contribution in [2.24, 2.45) is 11.3 Å². The average molecular weight is 328 g/mol. The predicted octanol–water partition coefficient (Wildman–Crippen LogP) is 2.24. The van der Waals surface area contributed by atoms with Gasteiger partial charge in [-0.05, 0) is 56.1 Å². The molecule has 1 atom stereocenters. The van der Waals surface area contributed by atoms with Gasteiger partial charge in [0.15, 0.2) is 17.5 Å². The second kappa shape index (κ2) is 6.42. The summed E-state index contributed by atoms with van der Waals surface area (Å²) in [5.74, 6) is -3.38. The van der Waals surface area contributed by atoms with E-state index >= 15 is 0 Å². The maximum atomic E-state index is 13.3. The van der Waals surface area contributed by atoms with Gasteiger partial charge >= 0.3 is 0 Å². The molecule has 1 unspecified atom stereocenters. The van der Waals surface area contributed by atoms with Gasteiger partial charge in [-0.15, -0.1) is 0 Å². The van der Waals surface area contributed by atoms with Crippen molar-refractivity contribution < 1.29 is 18.3 Å². The van der Waals surface area contributed by atoms with E-state index in [2.05, 4.69) is 16.8 Å². The summed E-state index contributed by atoms with van der Waals surface area (Å²) in [5.41, 5.74) is 0.610. The van der Waals surface area contributed by atoms with Crippen molar-refractivity contribution in [3.63, 3.8) is 0 Å². The topological polar surface area (TPSA) is 26.7 Å². The van der Waals surface area contributed by atoms with Crippen LogP contribution in [0.2, 0.25) is 0 Å². The molecule has 1 spiro atoms. The van der Waals surface area contributed by atoms with Crippen LogP contribution in [0.4, 0.5) is 13.2 Å². The number of nitrogens with zero attached hydrogens (tertiary/aromatic N) is 2. The van der Waals surface area contributed by atoms with Crippen LogP contribution >= 0.6 is 0 Å². The van der Waals surface area contributed by atoms with Gasteiger partial charge in [-0.1, -0.05) is 0 Å². The Bertz CT molecular complexity index is 550. The van der Waals surface area contributed by atoms with Gasteiger partial charge in [0, 0.05) is 32.2 Å². The monoisotopic (exact) mass is 328 g/mol. The zero-order valence-electron chi connectivity index (χ0n) is 13.4. The highest BCUT2D eigenvalue weighted by molar-refractivity contribution is 5.19. The van der Waals surface area contributed by atoms with E-state index in [-0.39, 0.29) is 12.0 Å². The number of aliphatic hydroxyl groups excluding tert-OH is 1. The van der Waals surface area contributed by atoms with Crippen LogP contribution in [-0.4, -0.2) is 54.7 Å². The van der Waals surface area contributed by atoms with Crippen molar-refractivity contribution in [1.29, 1.82) is 0 Å². The van der Waals surface area contributed by atoms with Crippen LogP contribution in [0.3, 0.4) is 0 Å². The van der Waals surface area contributed by atoms with E-state index < -0.39 is 17.5 Å². The number of halogens is 3. The largest absolute Gasteiger partial charge is 0.396 e. The molecule has 0 bridgehead atoms. The van der Waals surface area contributed by atoms with Crippen molar-refractivity contribution in [3.8, 4) is 0 Å². The van der Waals surface area contributed by atoms with E-state index in [9.17, 15) is 18.3 Å². The molecule has 1 aromatic carbocycles. The summed E-state index contributed by atoms with van der Waals surface area (Å²) in [5, 5.41) is 9.63. The molecule has 0 saturated carbocycles. The first-order valence-corrected chi connectivity index (χ1v) is 8.09. The molecule has 2 saturated heterocycles. The normalized spacial score (nSPS) is 25.3. The van der Waals surface area contributed by atoms with Crippen molar-refractivity contribution in [2.75, 3.05) is 39.8 Å². The van der Waals surface area contributed by atoms with Crippen molar-refractivity contribution >= 4 is 0 Å². The number of rotatable bonds is 3. The van der Waals surface area contributed by atoms with Gasteiger partial charge in [-0.3, -0.25) is 4.90 Å². The number of aliphatic hydroxyl groups is 1. The van der Waals surface area contributed by atoms with Gasteiger partial charge in [-0.25, -0.2) is 13.2 Å². The molecule has 2 heterocycles. The van der Waals surface area contributed by atoms with Crippen molar-refractivity contribution in [1.82, 2.24) is 9.80 Å². The molecule has 2 fully saturated rings. The lowest BCUT2D eigenvalue weighted by molar-refractivity contribution is 0.0487. The first-order valence-electron chi connectivity index (χ1n) is 8.09. The van der Waals surface area contributed by atoms with Crippen LogP contribution in [0.25, 0.3) is 0 Å². The average Bonchev–Trinajstić information content (AvgIpc) is 2.83. The molecule has 6 heteroatoms. The van der Waals surface area contributed by atoms with E-state index in [4.69, 9.17) is 0 Å². The van der Waals surface area contributed by atoms with E-state index in [1.165, 1.54) is 0 Å². The van der Waals surface area contributed by atoms with E-state index in [1.807, 2.05) is 0 Å². The molecular weight excluding hydrogens is 305 g/mol. The van der Waals surface area contributed by atoms with Crippen molar-refractivity contribution in [3.05, 3.63) is 35.1 Å². The van der Waals surface area contributed by atoms with Gasteiger partial charge in [0.1, 0.15) is 0 Å². The van der Waals surface area contributed by atoms with Crippen LogP contribution < -0.4 is 0 Å². The summed E-state index contributed by atoms with van der Waals surface area (Å²) in [6.45, 7) is 4.19. The Morgan fingerprint density at radius 2 is 1.78 bits per heavy atom. The van der Waals surface area contributed by atoms with Crippen LogP contribution in [0, 0.1) is 28.8 Å². The Morgan fingerprint density at radius 1 is 1.17 bits per heavy atom. The third-order valence-electron chi connectivity index (χ3n) is 5.50. The van der Waals surface area contributed by atoms with Crippen LogP contribution in [0.5, 0.6) is 0 Å². The first-order chi connectivity index (χ1) is 10.9. The molecule has 3 rings (SSSR count). The first kappa shape index (κ1) is 16.7.